The fourth-order valence-electron chi connectivity index (χ4n) is 2.49. The number of alkyl halides is 3. The second kappa shape index (κ2) is 6.48. The molecule has 1 rings (SSSR count). The Morgan fingerprint density at radius 2 is 1.69 bits per heavy atom. The summed E-state index contributed by atoms with van der Waals surface area (Å²) in [5.41, 5.74) is 0. The van der Waals surface area contributed by atoms with E-state index in [-0.39, 0.29) is 5.92 Å². The first-order valence-corrected chi connectivity index (χ1v) is 6.35. The van der Waals surface area contributed by atoms with Crippen molar-refractivity contribution in [2.45, 2.75) is 64.1 Å². The maximum Gasteiger partial charge on any atom is 0.404 e. The summed E-state index contributed by atoms with van der Waals surface area (Å²) in [4.78, 5) is 0. The van der Waals surface area contributed by atoms with Gasteiger partial charge in [-0.05, 0) is 31.7 Å². The number of hydrogen-bond donors (Lipinski definition) is 1. The highest BCUT2D eigenvalue weighted by molar-refractivity contribution is 4.84. The average Bonchev–Trinajstić information content (AvgIpc) is 2.45. The molecule has 0 heterocycles. The highest BCUT2D eigenvalue weighted by Gasteiger charge is 2.43. The van der Waals surface area contributed by atoms with Crippen molar-refractivity contribution in [2.24, 2.45) is 5.92 Å². The first-order chi connectivity index (χ1) is 7.55. The molecule has 4 heteroatoms. The van der Waals surface area contributed by atoms with Gasteiger partial charge in [-0.15, -0.1) is 0 Å². The number of rotatable bonds is 4. The zero-order chi connectivity index (χ0) is 12.0. The Labute approximate surface area is 95.8 Å². The van der Waals surface area contributed by atoms with Crippen LogP contribution in [-0.2, 0) is 0 Å². The standard InChI is InChI=1S/C12H22F3N/c1-2-9-16-11(12(13,14)15)10-7-5-3-4-6-8-10/h10-11,16H,2-9H2,1H3. The molecule has 1 atom stereocenters. The molecule has 0 radical (unpaired) electrons. The van der Waals surface area contributed by atoms with Gasteiger partial charge in [0, 0.05) is 0 Å². The molecule has 0 saturated heterocycles. The molecule has 0 bridgehead atoms. The second-order valence-electron chi connectivity index (χ2n) is 4.73. The smallest absolute Gasteiger partial charge is 0.306 e. The molecule has 0 aromatic rings. The first kappa shape index (κ1) is 13.8. The van der Waals surface area contributed by atoms with Gasteiger partial charge in [0.1, 0.15) is 6.04 Å². The van der Waals surface area contributed by atoms with Gasteiger partial charge in [0.2, 0.25) is 0 Å². The predicted molar refractivity (Wildman–Crippen MR) is 59.3 cm³/mol. The molecule has 1 nitrogen and oxygen atoms in total. The van der Waals surface area contributed by atoms with Gasteiger partial charge in [-0.25, -0.2) is 0 Å². The van der Waals surface area contributed by atoms with E-state index in [9.17, 15) is 13.2 Å². The van der Waals surface area contributed by atoms with Crippen LogP contribution in [0.4, 0.5) is 13.2 Å². The average molecular weight is 237 g/mol. The lowest BCUT2D eigenvalue weighted by Crippen LogP contribution is -2.47. The SMILES string of the molecule is CCCNC(C1CCCCCC1)C(F)(F)F. The van der Waals surface area contributed by atoms with Crippen LogP contribution in [0, 0.1) is 5.92 Å². The lowest BCUT2D eigenvalue weighted by Gasteiger charge is -2.29. The maximum atomic E-state index is 12.9. The quantitative estimate of drug-likeness (QED) is 0.731. The van der Waals surface area contributed by atoms with E-state index >= 15 is 0 Å². The Morgan fingerprint density at radius 1 is 1.12 bits per heavy atom. The molecule has 1 fully saturated rings. The van der Waals surface area contributed by atoms with Crippen LogP contribution in [-0.4, -0.2) is 18.8 Å². The van der Waals surface area contributed by atoms with Crippen molar-refractivity contribution < 1.29 is 13.2 Å². The minimum Gasteiger partial charge on any atom is -0.306 e. The summed E-state index contributed by atoms with van der Waals surface area (Å²) in [5, 5.41) is 2.68. The summed E-state index contributed by atoms with van der Waals surface area (Å²) in [6.07, 6.45) is 2.19. The normalized spacial score (nSPS) is 21.8. The van der Waals surface area contributed by atoms with Gasteiger partial charge in [-0.3, -0.25) is 0 Å². The number of halogens is 3. The lowest BCUT2D eigenvalue weighted by molar-refractivity contribution is -0.169. The van der Waals surface area contributed by atoms with Crippen molar-refractivity contribution >= 4 is 0 Å². The van der Waals surface area contributed by atoms with E-state index in [1.165, 1.54) is 0 Å². The van der Waals surface area contributed by atoms with Crippen LogP contribution in [0.25, 0.3) is 0 Å². The Morgan fingerprint density at radius 3 is 2.12 bits per heavy atom. The molecule has 1 N–H and O–H groups in total. The van der Waals surface area contributed by atoms with Crippen LogP contribution in [0.15, 0.2) is 0 Å². The molecule has 0 amide bonds. The van der Waals surface area contributed by atoms with Gasteiger partial charge >= 0.3 is 6.18 Å². The van der Waals surface area contributed by atoms with Gasteiger partial charge < -0.3 is 5.32 Å². The molecular formula is C12H22F3N. The largest absolute Gasteiger partial charge is 0.404 e. The van der Waals surface area contributed by atoms with E-state index in [4.69, 9.17) is 0 Å². The Balaban J connectivity index is 2.58. The zero-order valence-corrected chi connectivity index (χ0v) is 9.95. The monoisotopic (exact) mass is 237 g/mol. The van der Waals surface area contributed by atoms with Crippen molar-refractivity contribution in [3.63, 3.8) is 0 Å². The zero-order valence-electron chi connectivity index (χ0n) is 9.95. The number of nitrogens with one attached hydrogen (secondary N) is 1. The van der Waals surface area contributed by atoms with Crippen LogP contribution in [0.3, 0.4) is 0 Å². The van der Waals surface area contributed by atoms with E-state index < -0.39 is 12.2 Å². The lowest BCUT2D eigenvalue weighted by atomic mass is 9.91. The van der Waals surface area contributed by atoms with Gasteiger partial charge in [0.15, 0.2) is 0 Å². The van der Waals surface area contributed by atoms with E-state index in [0.717, 1.165) is 44.9 Å². The summed E-state index contributed by atoms with van der Waals surface area (Å²) in [7, 11) is 0. The van der Waals surface area contributed by atoms with Crippen molar-refractivity contribution in [1.29, 1.82) is 0 Å². The predicted octanol–water partition coefficient (Wildman–Crippen LogP) is 3.89. The van der Waals surface area contributed by atoms with Gasteiger partial charge in [0.05, 0.1) is 0 Å². The Bertz CT molecular complexity index is 183. The van der Waals surface area contributed by atoms with Crippen molar-refractivity contribution in [2.75, 3.05) is 6.54 Å². The molecule has 1 aliphatic rings. The summed E-state index contributed by atoms with van der Waals surface area (Å²) >= 11 is 0. The summed E-state index contributed by atoms with van der Waals surface area (Å²) in [6, 6.07) is -1.29. The van der Waals surface area contributed by atoms with Crippen LogP contribution >= 0.6 is 0 Å². The molecule has 0 aliphatic heterocycles. The highest BCUT2D eigenvalue weighted by atomic mass is 19.4. The van der Waals surface area contributed by atoms with E-state index in [1.54, 1.807) is 0 Å². The van der Waals surface area contributed by atoms with Crippen molar-refractivity contribution in [3.8, 4) is 0 Å². The van der Waals surface area contributed by atoms with Crippen molar-refractivity contribution in [3.05, 3.63) is 0 Å². The van der Waals surface area contributed by atoms with Gasteiger partial charge in [-0.2, -0.15) is 13.2 Å². The van der Waals surface area contributed by atoms with Gasteiger partial charge in [-0.1, -0.05) is 32.6 Å². The number of hydrogen-bond acceptors (Lipinski definition) is 1. The second-order valence-corrected chi connectivity index (χ2v) is 4.73. The molecule has 1 unspecified atom stereocenters. The summed E-state index contributed by atoms with van der Waals surface area (Å²) in [5.74, 6) is -0.214. The maximum absolute atomic E-state index is 12.9. The van der Waals surface area contributed by atoms with Crippen LogP contribution in [0.5, 0.6) is 0 Å². The topological polar surface area (TPSA) is 12.0 Å². The van der Waals surface area contributed by atoms with Crippen molar-refractivity contribution in [1.82, 2.24) is 5.32 Å². The molecular weight excluding hydrogens is 215 g/mol. The molecule has 16 heavy (non-hydrogen) atoms. The van der Waals surface area contributed by atoms with Crippen LogP contribution in [0.2, 0.25) is 0 Å². The minimum atomic E-state index is -4.09. The molecule has 0 aromatic heterocycles. The molecule has 0 aromatic carbocycles. The Hall–Kier alpha value is -0.250. The van der Waals surface area contributed by atoms with Gasteiger partial charge in [0.25, 0.3) is 0 Å². The Kier molecular flexibility index (Phi) is 5.59. The summed E-state index contributed by atoms with van der Waals surface area (Å²) in [6.45, 7) is 2.36. The molecule has 1 aliphatic carbocycles. The molecule has 0 spiro atoms. The highest BCUT2D eigenvalue weighted by Crippen LogP contribution is 2.33. The van der Waals surface area contributed by atoms with E-state index in [2.05, 4.69) is 5.32 Å². The van der Waals surface area contributed by atoms with Crippen LogP contribution < -0.4 is 5.32 Å². The third-order valence-corrected chi connectivity index (χ3v) is 3.34. The fraction of sp³-hybridized carbons (Fsp3) is 1.00. The third kappa shape index (κ3) is 4.32. The van der Waals surface area contributed by atoms with E-state index in [0.29, 0.717) is 6.54 Å². The fourth-order valence-corrected chi connectivity index (χ4v) is 2.49. The molecule has 96 valence electrons. The third-order valence-electron chi connectivity index (χ3n) is 3.34. The van der Waals surface area contributed by atoms with Crippen LogP contribution in [0.1, 0.15) is 51.9 Å². The minimum absolute atomic E-state index is 0.214. The first-order valence-electron chi connectivity index (χ1n) is 6.35. The summed E-state index contributed by atoms with van der Waals surface area (Å²) < 4.78 is 38.7. The van der Waals surface area contributed by atoms with E-state index in [1.807, 2.05) is 6.92 Å². The molecule has 1 saturated carbocycles.